The number of phenolic OH excluding ortho intramolecular Hbond substituents is 1. The minimum absolute atomic E-state index is 0.0216. The Bertz CT molecular complexity index is 1330. The molecule has 1 N–H and O–H groups in total. The molecule has 0 aromatic heterocycles. The summed E-state index contributed by atoms with van der Waals surface area (Å²) in [6.45, 7) is 14.3. The number of hydrogen-bond acceptors (Lipinski definition) is 5. The van der Waals surface area contributed by atoms with Crippen molar-refractivity contribution < 1.29 is 24.2 Å². The maximum Gasteiger partial charge on any atom is 0.200 e. The largest absolute Gasteiger partial charge is 0.506 e. The van der Waals surface area contributed by atoms with Gasteiger partial charge in [-0.15, -0.1) is 0 Å². The maximum absolute atomic E-state index is 14.1. The zero-order valence-electron chi connectivity index (χ0n) is 23.7. The second kappa shape index (κ2) is 9.29. The second-order valence-electron chi connectivity index (χ2n) is 12.5. The Morgan fingerprint density at radius 3 is 2.47 bits per heavy atom. The molecule has 5 heteroatoms. The van der Waals surface area contributed by atoms with Crippen LogP contribution in [0.3, 0.4) is 0 Å². The smallest absolute Gasteiger partial charge is 0.200 e. The highest BCUT2D eigenvalue weighted by Crippen LogP contribution is 2.59. The molecule has 1 aromatic rings. The minimum Gasteiger partial charge on any atom is -0.506 e. The van der Waals surface area contributed by atoms with Crippen LogP contribution in [0.25, 0.3) is 6.08 Å². The molecule has 2 unspecified atom stereocenters. The number of carbonyl (C=O) groups excluding carboxylic acids is 2. The second-order valence-corrected chi connectivity index (χ2v) is 12.5. The van der Waals surface area contributed by atoms with Crippen molar-refractivity contribution in [1.82, 2.24) is 0 Å². The van der Waals surface area contributed by atoms with Gasteiger partial charge in [-0.05, 0) is 84.8 Å². The van der Waals surface area contributed by atoms with Gasteiger partial charge in [-0.2, -0.15) is 0 Å². The summed E-state index contributed by atoms with van der Waals surface area (Å²) >= 11 is 0. The fourth-order valence-corrected chi connectivity index (χ4v) is 6.72. The molecule has 0 amide bonds. The molecule has 6 rings (SSSR count). The van der Waals surface area contributed by atoms with Crippen LogP contribution in [0.1, 0.15) is 95.6 Å². The fourth-order valence-electron chi connectivity index (χ4n) is 6.72. The summed E-state index contributed by atoms with van der Waals surface area (Å²) in [5.74, 6) is 0.132. The van der Waals surface area contributed by atoms with Crippen molar-refractivity contribution in [3.05, 3.63) is 57.7 Å². The van der Waals surface area contributed by atoms with E-state index in [0.29, 0.717) is 41.9 Å². The summed E-state index contributed by atoms with van der Waals surface area (Å²) < 4.78 is 13.6. The third kappa shape index (κ3) is 4.06. The third-order valence-corrected chi connectivity index (χ3v) is 8.60. The molecule has 1 fully saturated rings. The van der Waals surface area contributed by atoms with Crippen LogP contribution >= 0.6 is 0 Å². The lowest BCUT2D eigenvalue weighted by Gasteiger charge is -2.53. The zero-order chi connectivity index (χ0) is 27.6. The predicted octanol–water partition coefficient (Wildman–Crippen LogP) is 7.32. The van der Waals surface area contributed by atoms with Crippen LogP contribution in [0.4, 0.5) is 0 Å². The Morgan fingerprint density at radius 2 is 1.82 bits per heavy atom. The van der Waals surface area contributed by atoms with E-state index >= 15 is 0 Å². The van der Waals surface area contributed by atoms with Crippen LogP contribution in [0.15, 0.2) is 41.0 Å². The van der Waals surface area contributed by atoms with Gasteiger partial charge in [-0.25, -0.2) is 0 Å². The number of ether oxygens (including phenoxy) is 2. The maximum atomic E-state index is 14.1. The van der Waals surface area contributed by atoms with Gasteiger partial charge >= 0.3 is 0 Å². The number of phenols is 1. The lowest BCUT2D eigenvalue weighted by atomic mass is 9.56. The lowest BCUT2D eigenvalue weighted by Crippen LogP contribution is -2.61. The topological polar surface area (TPSA) is 72.8 Å². The third-order valence-electron chi connectivity index (χ3n) is 8.60. The number of Topliss-reactive ketones (excluding diaryl/α,β-unsaturated/α-hetero) is 2. The first-order chi connectivity index (χ1) is 17.9. The molecule has 2 aliphatic heterocycles. The molecule has 4 atom stereocenters. The van der Waals surface area contributed by atoms with Crippen LogP contribution in [0.5, 0.6) is 17.2 Å². The highest BCUT2D eigenvalue weighted by atomic mass is 16.5. The van der Waals surface area contributed by atoms with E-state index in [4.69, 9.17) is 9.47 Å². The summed E-state index contributed by atoms with van der Waals surface area (Å²) in [6.07, 6.45) is 13.4. The van der Waals surface area contributed by atoms with Gasteiger partial charge < -0.3 is 14.6 Å². The Balaban J connectivity index is 1.70. The van der Waals surface area contributed by atoms with Crippen LogP contribution in [-0.4, -0.2) is 27.9 Å². The highest BCUT2D eigenvalue weighted by molar-refractivity contribution is 6.17. The normalized spacial score (nSPS) is 28.6. The fraction of sp³-hybridized carbons (Fsp3) is 0.515. The first-order valence-corrected chi connectivity index (χ1v) is 13.9. The van der Waals surface area contributed by atoms with Crippen molar-refractivity contribution in [2.45, 2.75) is 91.8 Å². The molecule has 3 aliphatic carbocycles. The number of carbonyl (C=O) groups is 2. The van der Waals surface area contributed by atoms with Crippen LogP contribution < -0.4 is 9.47 Å². The first kappa shape index (κ1) is 26.5. The number of fused-ring (bicyclic) bond motifs is 4. The van der Waals surface area contributed by atoms with Crippen molar-refractivity contribution in [1.29, 1.82) is 0 Å². The Labute approximate surface area is 226 Å². The molecule has 202 valence electrons. The molecule has 5 aliphatic rings. The monoisotopic (exact) mass is 516 g/mol. The van der Waals surface area contributed by atoms with Crippen LogP contribution in [-0.2, 0) is 11.2 Å². The van der Waals surface area contributed by atoms with Gasteiger partial charge in [0.1, 0.15) is 39.8 Å². The van der Waals surface area contributed by atoms with E-state index in [1.807, 2.05) is 52.8 Å². The quantitative estimate of drug-likeness (QED) is 0.401. The number of benzene rings is 1. The van der Waals surface area contributed by atoms with E-state index in [2.05, 4.69) is 26.0 Å². The van der Waals surface area contributed by atoms with E-state index in [9.17, 15) is 14.7 Å². The molecule has 0 radical (unpaired) electrons. The van der Waals surface area contributed by atoms with E-state index in [0.717, 1.165) is 24.0 Å². The molecule has 2 heterocycles. The molecule has 38 heavy (non-hydrogen) atoms. The standard InChI is InChI=1S/C33H40O5/c1-18(2)9-8-14-32(7)15-13-22-28(35)25-29(36)24-17-21-12-16-33(24,26(20(5)6)27(21)34)38-31(25)23(30(22)37-32)11-10-19(3)4/h9-10,13,15,17,20-21,26,35H,8,11-12,14,16H2,1-7H3/t21?,26?,32-,33+/m1/s1. The molecule has 2 bridgehead atoms. The van der Waals surface area contributed by atoms with Gasteiger partial charge in [0.05, 0.1) is 11.5 Å². The number of ketones is 2. The summed E-state index contributed by atoms with van der Waals surface area (Å²) in [5.41, 5.74) is 2.84. The van der Waals surface area contributed by atoms with Gasteiger partial charge in [0.2, 0.25) is 0 Å². The van der Waals surface area contributed by atoms with Crippen molar-refractivity contribution in [3.8, 4) is 17.2 Å². The van der Waals surface area contributed by atoms with Gasteiger partial charge in [0.15, 0.2) is 5.78 Å². The Morgan fingerprint density at radius 1 is 1.11 bits per heavy atom. The summed E-state index contributed by atoms with van der Waals surface area (Å²) in [5, 5.41) is 11.5. The minimum atomic E-state index is -0.998. The van der Waals surface area contributed by atoms with E-state index in [1.54, 1.807) is 0 Å². The summed E-state index contributed by atoms with van der Waals surface area (Å²) in [4.78, 5) is 27.5. The average molecular weight is 517 g/mol. The number of hydrogen-bond donors (Lipinski definition) is 1. The summed E-state index contributed by atoms with van der Waals surface area (Å²) in [6, 6.07) is 0. The molecule has 1 spiro atoms. The average Bonchev–Trinajstić information content (AvgIpc) is 2.82. The molecule has 5 nitrogen and oxygen atoms in total. The van der Waals surface area contributed by atoms with Crippen molar-refractivity contribution >= 4 is 17.6 Å². The van der Waals surface area contributed by atoms with Gasteiger partial charge in [0, 0.05) is 17.1 Å². The SMILES string of the molecule is CC(C)=CCC[C@]1(C)C=Cc2c(O)c3c(c(CC=C(C)C)c2O1)O[C@@]12CCC(C=C1C3=O)C(=O)C2C(C)C. The van der Waals surface area contributed by atoms with E-state index in [-0.39, 0.29) is 34.7 Å². The van der Waals surface area contributed by atoms with Crippen molar-refractivity contribution in [3.63, 3.8) is 0 Å². The van der Waals surface area contributed by atoms with Gasteiger partial charge in [-0.3, -0.25) is 9.59 Å². The van der Waals surface area contributed by atoms with Crippen molar-refractivity contribution in [2.24, 2.45) is 17.8 Å². The van der Waals surface area contributed by atoms with Crippen LogP contribution in [0, 0.1) is 17.8 Å². The number of aromatic hydroxyl groups is 1. The zero-order valence-corrected chi connectivity index (χ0v) is 23.7. The van der Waals surface area contributed by atoms with E-state index in [1.165, 1.54) is 5.57 Å². The first-order valence-electron chi connectivity index (χ1n) is 13.9. The van der Waals surface area contributed by atoms with Gasteiger partial charge in [-0.1, -0.05) is 43.2 Å². The summed E-state index contributed by atoms with van der Waals surface area (Å²) in [7, 11) is 0. The predicted molar refractivity (Wildman–Crippen MR) is 150 cm³/mol. The molecular formula is C33H40O5. The number of rotatable bonds is 6. The lowest BCUT2D eigenvalue weighted by molar-refractivity contribution is -0.142. The Hall–Kier alpha value is -3.08. The van der Waals surface area contributed by atoms with Crippen LogP contribution in [0.2, 0.25) is 0 Å². The highest BCUT2D eigenvalue weighted by Gasteiger charge is 2.61. The van der Waals surface area contributed by atoms with Gasteiger partial charge in [0.25, 0.3) is 0 Å². The van der Waals surface area contributed by atoms with E-state index < -0.39 is 17.1 Å². The van der Waals surface area contributed by atoms with Crippen molar-refractivity contribution in [2.75, 3.05) is 0 Å². The Kier molecular flexibility index (Phi) is 6.48. The number of allylic oxidation sites excluding steroid dienone is 5. The molecule has 1 saturated carbocycles. The molecule has 1 aromatic carbocycles. The molecule has 0 saturated heterocycles. The molecular weight excluding hydrogens is 476 g/mol.